The maximum Gasteiger partial charge on any atom is 0.433 e. The second kappa shape index (κ2) is 7.10. The molecule has 24 heavy (non-hydrogen) atoms. The Balaban J connectivity index is 1.76. The minimum Gasteiger partial charge on any atom is -0.391 e. The lowest BCUT2D eigenvalue weighted by Crippen LogP contribution is -2.43. The molecule has 3 rings (SSSR count). The first-order valence-corrected chi connectivity index (χ1v) is 8.27. The van der Waals surface area contributed by atoms with Crippen molar-refractivity contribution in [3.8, 4) is 0 Å². The predicted molar refractivity (Wildman–Crippen MR) is 84.0 cm³/mol. The lowest BCUT2D eigenvalue weighted by Gasteiger charge is -2.28. The van der Waals surface area contributed by atoms with Crippen LogP contribution in [-0.2, 0) is 6.18 Å². The lowest BCUT2D eigenvalue weighted by atomic mass is 9.95. The van der Waals surface area contributed by atoms with E-state index in [0.717, 1.165) is 31.9 Å². The normalized spacial score (nSPS) is 25.1. The van der Waals surface area contributed by atoms with Crippen LogP contribution in [0.25, 0.3) is 0 Å². The molecule has 0 saturated carbocycles. The van der Waals surface area contributed by atoms with Crippen molar-refractivity contribution in [3.05, 3.63) is 11.8 Å². The highest BCUT2D eigenvalue weighted by molar-refractivity contribution is 5.45. The first-order valence-electron chi connectivity index (χ1n) is 8.27. The van der Waals surface area contributed by atoms with Crippen molar-refractivity contribution in [3.63, 3.8) is 0 Å². The molecule has 2 saturated heterocycles. The van der Waals surface area contributed by atoms with Gasteiger partial charge in [0.05, 0.1) is 6.10 Å². The third-order valence-corrected chi connectivity index (χ3v) is 4.53. The van der Waals surface area contributed by atoms with E-state index in [4.69, 9.17) is 0 Å². The van der Waals surface area contributed by atoms with Gasteiger partial charge >= 0.3 is 6.18 Å². The molecule has 2 aliphatic rings. The summed E-state index contributed by atoms with van der Waals surface area (Å²) in [5.41, 5.74) is -0.937. The summed E-state index contributed by atoms with van der Waals surface area (Å²) in [5, 5.41) is 16.0. The molecule has 6 nitrogen and oxygen atoms in total. The van der Waals surface area contributed by atoms with Crippen LogP contribution >= 0.6 is 0 Å². The van der Waals surface area contributed by atoms with Gasteiger partial charge in [0.2, 0.25) is 5.95 Å². The zero-order valence-corrected chi connectivity index (χ0v) is 13.3. The highest BCUT2D eigenvalue weighted by atomic mass is 19.4. The first-order chi connectivity index (χ1) is 11.4. The van der Waals surface area contributed by atoms with Gasteiger partial charge in [0, 0.05) is 38.2 Å². The molecule has 1 aromatic rings. The zero-order chi connectivity index (χ0) is 17.2. The summed E-state index contributed by atoms with van der Waals surface area (Å²) in [4.78, 5) is 9.71. The number of piperidine rings is 1. The van der Waals surface area contributed by atoms with Gasteiger partial charge in [0.15, 0.2) is 5.69 Å². The molecule has 0 unspecified atom stereocenters. The number of aliphatic hydroxyl groups excluding tert-OH is 1. The minimum atomic E-state index is -4.51. The van der Waals surface area contributed by atoms with E-state index in [1.54, 1.807) is 4.90 Å². The molecular weight excluding hydrogens is 323 g/mol. The number of hydrogen-bond donors (Lipinski definition) is 3. The Kier molecular flexibility index (Phi) is 5.09. The smallest absolute Gasteiger partial charge is 0.391 e. The number of nitrogens with one attached hydrogen (secondary N) is 2. The van der Waals surface area contributed by atoms with Gasteiger partial charge in [-0.1, -0.05) is 0 Å². The molecule has 0 aromatic carbocycles. The topological polar surface area (TPSA) is 73.3 Å². The first kappa shape index (κ1) is 17.2. The second-order valence-corrected chi connectivity index (χ2v) is 6.33. The van der Waals surface area contributed by atoms with Gasteiger partial charge in [-0.25, -0.2) is 4.98 Å². The third-order valence-electron chi connectivity index (χ3n) is 4.53. The van der Waals surface area contributed by atoms with E-state index in [0.29, 0.717) is 26.2 Å². The van der Waals surface area contributed by atoms with Gasteiger partial charge < -0.3 is 20.6 Å². The number of anilines is 2. The molecular formula is C15H22F3N5O. The van der Waals surface area contributed by atoms with Crippen LogP contribution in [0.15, 0.2) is 6.07 Å². The summed E-state index contributed by atoms with van der Waals surface area (Å²) >= 11 is 0. The quantitative estimate of drug-likeness (QED) is 0.768. The van der Waals surface area contributed by atoms with E-state index < -0.39 is 18.0 Å². The van der Waals surface area contributed by atoms with Crippen molar-refractivity contribution in [2.24, 2.45) is 5.92 Å². The number of halogens is 3. The number of aliphatic hydroxyl groups is 1. The number of aromatic nitrogens is 2. The van der Waals surface area contributed by atoms with Crippen molar-refractivity contribution in [1.29, 1.82) is 0 Å². The fourth-order valence-corrected chi connectivity index (χ4v) is 3.10. The number of hydrogen-bond acceptors (Lipinski definition) is 6. The van der Waals surface area contributed by atoms with E-state index in [-0.39, 0.29) is 17.7 Å². The van der Waals surface area contributed by atoms with Gasteiger partial charge in [-0.15, -0.1) is 0 Å². The lowest BCUT2D eigenvalue weighted by molar-refractivity contribution is -0.141. The average molecular weight is 345 g/mol. The van der Waals surface area contributed by atoms with Crippen LogP contribution in [0.3, 0.4) is 0 Å². The maximum atomic E-state index is 13.1. The Labute approximate surface area is 138 Å². The molecule has 2 fully saturated rings. The van der Waals surface area contributed by atoms with Crippen LogP contribution in [0.1, 0.15) is 25.0 Å². The fourth-order valence-electron chi connectivity index (χ4n) is 3.10. The van der Waals surface area contributed by atoms with Crippen LogP contribution in [-0.4, -0.2) is 53.9 Å². The molecule has 134 valence electrons. The molecule has 0 amide bonds. The molecule has 0 radical (unpaired) electrons. The van der Waals surface area contributed by atoms with Gasteiger partial charge in [-0.3, -0.25) is 0 Å². The zero-order valence-electron chi connectivity index (χ0n) is 13.3. The number of rotatable bonds is 4. The Morgan fingerprint density at radius 3 is 2.71 bits per heavy atom. The highest BCUT2D eigenvalue weighted by Gasteiger charge is 2.34. The number of β-amino-alcohol motifs (C(OH)–C–C–N with tert-alkyl or cyclic N) is 1. The van der Waals surface area contributed by atoms with Crippen LogP contribution < -0.4 is 15.5 Å². The standard InChI is InChI=1S/C15H22F3N5O/c16-15(17,18)12-7-13(20-8-10-3-4-19-9-11(10)24)22-14(21-12)23-5-1-2-6-23/h7,10-11,19,24H,1-6,8-9H2,(H,20,21,22)/t10-,11+/m0/s1. The third kappa shape index (κ3) is 4.07. The van der Waals surface area contributed by atoms with Crippen LogP contribution in [0.4, 0.5) is 24.9 Å². The Morgan fingerprint density at radius 2 is 2.04 bits per heavy atom. The number of alkyl halides is 3. The summed E-state index contributed by atoms with van der Waals surface area (Å²) in [6.45, 7) is 3.03. The summed E-state index contributed by atoms with van der Waals surface area (Å²) < 4.78 is 39.3. The molecule has 1 aromatic heterocycles. The maximum absolute atomic E-state index is 13.1. The Morgan fingerprint density at radius 1 is 1.29 bits per heavy atom. The molecule has 0 bridgehead atoms. The summed E-state index contributed by atoms with van der Waals surface area (Å²) in [6, 6.07) is 0.938. The SMILES string of the molecule is O[C@@H]1CNCC[C@H]1CNc1cc(C(F)(F)F)nc(N2CCCC2)n1. The molecule has 0 spiro atoms. The minimum absolute atomic E-state index is 0.00853. The predicted octanol–water partition coefficient (Wildman–Crippen LogP) is 1.48. The van der Waals surface area contributed by atoms with Crippen LogP contribution in [0.2, 0.25) is 0 Å². The van der Waals surface area contributed by atoms with Crippen molar-refractivity contribution in [2.75, 3.05) is 42.9 Å². The van der Waals surface area contributed by atoms with Crippen LogP contribution in [0, 0.1) is 5.92 Å². The number of nitrogens with zero attached hydrogens (tertiary/aromatic N) is 3. The molecule has 2 aliphatic heterocycles. The molecule has 0 aliphatic carbocycles. The highest BCUT2D eigenvalue weighted by Crippen LogP contribution is 2.31. The summed E-state index contributed by atoms with van der Waals surface area (Å²) in [7, 11) is 0. The molecule has 9 heteroatoms. The van der Waals surface area contributed by atoms with Crippen molar-refractivity contribution in [1.82, 2.24) is 15.3 Å². The van der Waals surface area contributed by atoms with Gasteiger partial charge in [0.1, 0.15) is 5.82 Å². The molecule has 2 atom stereocenters. The molecule has 3 N–H and O–H groups in total. The van der Waals surface area contributed by atoms with Crippen molar-refractivity contribution < 1.29 is 18.3 Å². The fraction of sp³-hybridized carbons (Fsp3) is 0.733. The van der Waals surface area contributed by atoms with E-state index in [9.17, 15) is 18.3 Å². The van der Waals surface area contributed by atoms with Crippen molar-refractivity contribution >= 4 is 11.8 Å². The van der Waals surface area contributed by atoms with E-state index in [1.807, 2.05) is 0 Å². The summed E-state index contributed by atoms with van der Waals surface area (Å²) in [6.07, 6.45) is -2.38. The van der Waals surface area contributed by atoms with Gasteiger partial charge in [-0.05, 0) is 25.8 Å². The largest absolute Gasteiger partial charge is 0.433 e. The Hall–Kier alpha value is -1.61. The van der Waals surface area contributed by atoms with Gasteiger partial charge in [-0.2, -0.15) is 18.2 Å². The van der Waals surface area contributed by atoms with Gasteiger partial charge in [0.25, 0.3) is 0 Å². The van der Waals surface area contributed by atoms with Crippen LogP contribution in [0.5, 0.6) is 0 Å². The van der Waals surface area contributed by atoms with Crippen molar-refractivity contribution in [2.45, 2.75) is 31.5 Å². The van der Waals surface area contributed by atoms with E-state index >= 15 is 0 Å². The summed E-state index contributed by atoms with van der Waals surface area (Å²) in [5.74, 6) is 0.270. The monoisotopic (exact) mass is 345 g/mol. The molecule has 3 heterocycles. The van der Waals surface area contributed by atoms with E-state index in [1.165, 1.54) is 0 Å². The van der Waals surface area contributed by atoms with E-state index in [2.05, 4.69) is 20.6 Å². The average Bonchev–Trinajstić information content (AvgIpc) is 3.07. The Bertz CT molecular complexity index is 563. The second-order valence-electron chi connectivity index (χ2n) is 6.33.